The molecule has 0 aromatic rings. The van der Waals surface area contributed by atoms with Crippen LogP contribution in [0, 0.1) is 40.4 Å². The van der Waals surface area contributed by atoms with Gasteiger partial charge in [-0.1, -0.05) is 39.3 Å². The van der Waals surface area contributed by atoms with Gasteiger partial charge >= 0.3 is 10.4 Å². The van der Waals surface area contributed by atoms with Crippen molar-refractivity contribution in [2.75, 3.05) is 13.2 Å². The Morgan fingerprint density at radius 2 is 1.09 bits per heavy atom. The minimum absolute atomic E-state index is 0.00896. The number of Topliss-reactive ketones (excluding diaryl/α,β-unsaturated/α-hetero) is 1. The highest BCUT2D eigenvalue weighted by molar-refractivity contribution is 7.80. The third-order valence-corrected chi connectivity index (χ3v) is 21.2. The summed E-state index contributed by atoms with van der Waals surface area (Å²) >= 11 is 0. The summed E-state index contributed by atoms with van der Waals surface area (Å²) in [6, 6.07) is 0. The molecule has 8 fully saturated rings. The number of carbonyl (C=O) groups is 1. The number of aliphatic hydroxyl groups is 14. The summed E-state index contributed by atoms with van der Waals surface area (Å²) in [5.74, 6) is -1.22. The summed E-state index contributed by atoms with van der Waals surface area (Å²) in [6.45, 7) is 11.9. The second kappa shape index (κ2) is 27.0. The van der Waals surface area contributed by atoms with E-state index < -0.39 is 212 Å². The van der Waals surface area contributed by atoms with Crippen LogP contribution in [0.4, 0.5) is 0 Å². The van der Waals surface area contributed by atoms with Gasteiger partial charge in [0.1, 0.15) is 110 Å². The average molecular weight is 1280 g/mol. The largest absolute Gasteiger partial charge is 0.397 e. The van der Waals surface area contributed by atoms with E-state index >= 15 is 0 Å². The molecule has 5 aliphatic heterocycles. The molecule has 87 heavy (non-hydrogen) atoms. The first-order valence-electron chi connectivity index (χ1n) is 30.5. The molecule has 30 heteroatoms. The lowest BCUT2D eigenvalue weighted by Gasteiger charge is -2.60. The Bertz CT molecular complexity index is 2480. The third-order valence-electron chi connectivity index (χ3n) is 20.7. The van der Waals surface area contributed by atoms with Crippen molar-refractivity contribution in [3.8, 4) is 0 Å². The summed E-state index contributed by atoms with van der Waals surface area (Å²) < 4.78 is 102. The lowest BCUT2D eigenvalue weighted by molar-refractivity contribution is -0.412. The van der Waals surface area contributed by atoms with E-state index in [0.29, 0.717) is 32.1 Å². The van der Waals surface area contributed by atoms with E-state index in [2.05, 4.69) is 13.0 Å². The van der Waals surface area contributed by atoms with Gasteiger partial charge in [-0.3, -0.25) is 9.35 Å². The maximum absolute atomic E-state index is 13.3. The fourth-order valence-electron chi connectivity index (χ4n) is 16.1. The smallest absolute Gasteiger partial charge is 0.394 e. The molecule has 5 saturated heterocycles. The Kier molecular flexibility index (Phi) is 21.6. The second-order valence-electron chi connectivity index (χ2n) is 27.1. The minimum Gasteiger partial charge on any atom is -0.394 e. The zero-order valence-electron chi connectivity index (χ0n) is 50.2. The van der Waals surface area contributed by atoms with Crippen molar-refractivity contribution >= 4 is 16.2 Å². The highest BCUT2D eigenvalue weighted by Gasteiger charge is 2.64. The van der Waals surface area contributed by atoms with Gasteiger partial charge in [0, 0.05) is 12.8 Å². The maximum Gasteiger partial charge on any atom is 0.397 e. The van der Waals surface area contributed by atoms with Gasteiger partial charge in [-0.25, -0.2) is 4.18 Å². The van der Waals surface area contributed by atoms with Crippen LogP contribution in [0.2, 0.25) is 0 Å². The van der Waals surface area contributed by atoms with Crippen molar-refractivity contribution in [2.45, 2.75) is 285 Å². The molecular formula is C57H94O29S. The van der Waals surface area contributed by atoms with Crippen molar-refractivity contribution in [1.82, 2.24) is 0 Å². The molecule has 0 amide bonds. The molecule has 0 aromatic carbocycles. The Labute approximate surface area is 505 Å². The van der Waals surface area contributed by atoms with Gasteiger partial charge in [-0.15, -0.1) is 0 Å². The van der Waals surface area contributed by atoms with Crippen LogP contribution in [0.25, 0.3) is 0 Å². The fourth-order valence-corrected chi connectivity index (χ4v) is 16.6. The first-order valence-corrected chi connectivity index (χ1v) is 31.9. The average Bonchev–Trinajstić information content (AvgIpc) is 1.71. The first kappa shape index (κ1) is 69.7. The van der Waals surface area contributed by atoms with Crippen molar-refractivity contribution in [1.29, 1.82) is 0 Å². The van der Waals surface area contributed by atoms with Crippen LogP contribution < -0.4 is 0 Å². The second-order valence-corrected chi connectivity index (χ2v) is 28.2. The lowest BCUT2D eigenvalue weighted by Crippen LogP contribution is -2.69. The monoisotopic (exact) mass is 1270 g/mol. The van der Waals surface area contributed by atoms with Crippen molar-refractivity contribution in [3.05, 3.63) is 11.6 Å². The molecule has 4 aliphatic carbocycles. The summed E-state index contributed by atoms with van der Waals surface area (Å²) in [5, 5.41) is 157. The fraction of sp³-hybridized carbons (Fsp3) is 0.947. The van der Waals surface area contributed by atoms with Crippen LogP contribution in [-0.4, -0.2) is 275 Å². The summed E-state index contributed by atoms with van der Waals surface area (Å²) in [6.07, 6.45) is -41.6. The van der Waals surface area contributed by atoms with Gasteiger partial charge < -0.3 is 119 Å². The van der Waals surface area contributed by atoms with Gasteiger partial charge in [-0.05, 0) is 113 Å². The normalized spacial score (nSPS) is 51.2. The van der Waals surface area contributed by atoms with Crippen molar-refractivity contribution < 1.29 is 141 Å². The SMILES string of the molecule is CC(C)CC(=O)C[C@](C)(O)[C@H]1CCC2C3C[C@@H](OC4O[C@H](CO)[C@@H](O)[C@H](O)[C@H]4O[C@@H]4O[C@H](CO)[C@@H](O[C@@H]5O[C@H](C)[C@@H](O)[C@H](O)[C@H]5O[C@@H]5O[C@H](C)[C@@H](O)[C@H](O)[C@H]5O)[C@H](O)[C@H]4OC4O[C@@H](C)[C@H](O)[C@@H](O)[C@@H]4O)C4C[C@@H](OS(=O)(=O)O)CC[C@]4(C)C3=CC[C@@]21C. The molecule has 15 N–H and O–H groups in total. The van der Waals surface area contributed by atoms with Crippen LogP contribution in [0.15, 0.2) is 11.6 Å². The van der Waals surface area contributed by atoms with Crippen molar-refractivity contribution in [3.63, 3.8) is 0 Å². The molecule has 9 rings (SSSR count). The van der Waals surface area contributed by atoms with E-state index in [-0.39, 0.29) is 55.1 Å². The van der Waals surface area contributed by atoms with Crippen LogP contribution in [-0.2, 0) is 66.7 Å². The molecular weight excluding hydrogens is 1180 g/mol. The van der Waals surface area contributed by atoms with Gasteiger partial charge in [0.25, 0.3) is 0 Å². The van der Waals surface area contributed by atoms with E-state index in [1.54, 1.807) is 6.92 Å². The van der Waals surface area contributed by atoms with E-state index in [1.807, 2.05) is 20.8 Å². The van der Waals surface area contributed by atoms with Crippen LogP contribution in [0.5, 0.6) is 0 Å². The zero-order chi connectivity index (χ0) is 63.9. The van der Waals surface area contributed by atoms with Crippen molar-refractivity contribution in [2.24, 2.45) is 40.4 Å². The minimum atomic E-state index is -4.95. The van der Waals surface area contributed by atoms with Crippen LogP contribution >= 0.6 is 0 Å². The Balaban J connectivity index is 1.05. The highest BCUT2D eigenvalue weighted by Crippen LogP contribution is 2.67. The predicted molar refractivity (Wildman–Crippen MR) is 292 cm³/mol. The molecule has 5 heterocycles. The number of hydrogen-bond donors (Lipinski definition) is 15. The van der Waals surface area contributed by atoms with Gasteiger partial charge in [0.05, 0.1) is 49.3 Å². The number of fused-ring (bicyclic) bond motifs is 5. The molecule has 9 aliphatic rings. The summed E-state index contributed by atoms with van der Waals surface area (Å²) in [7, 11) is -4.95. The number of rotatable bonds is 19. The lowest BCUT2D eigenvalue weighted by atomic mass is 9.47. The summed E-state index contributed by atoms with van der Waals surface area (Å²) in [4.78, 5) is 13.3. The maximum atomic E-state index is 13.3. The molecule has 34 atom stereocenters. The van der Waals surface area contributed by atoms with E-state index in [4.69, 9.17) is 51.6 Å². The Morgan fingerprint density at radius 3 is 1.64 bits per heavy atom. The van der Waals surface area contributed by atoms with Crippen LogP contribution in [0.3, 0.4) is 0 Å². The number of allylic oxidation sites excluding steroid dienone is 2. The third kappa shape index (κ3) is 13.8. The highest BCUT2D eigenvalue weighted by atomic mass is 32.3. The van der Waals surface area contributed by atoms with Gasteiger partial charge in [-0.2, -0.15) is 8.42 Å². The first-order chi connectivity index (χ1) is 40.6. The zero-order valence-corrected chi connectivity index (χ0v) is 51.0. The number of aliphatic hydroxyl groups excluding tert-OH is 13. The molecule has 0 bridgehead atoms. The number of ketones is 1. The summed E-state index contributed by atoms with van der Waals surface area (Å²) in [5.41, 5.74) is -1.55. The van der Waals surface area contributed by atoms with E-state index in [9.17, 15) is 89.3 Å². The Morgan fingerprint density at radius 1 is 0.609 bits per heavy atom. The van der Waals surface area contributed by atoms with Crippen LogP contribution in [0.1, 0.15) is 113 Å². The molecule has 0 spiro atoms. The molecule has 502 valence electrons. The van der Waals surface area contributed by atoms with E-state index in [1.165, 1.54) is 20.8 Å². The number of ether oxygens (including phenoxy) is 10. The molecule has 3 saturated carbocycles. The number of carbonyl (C=O) groups excluding carboxylic acids is 1. The quantitative estimate of drug-likeness (QED) is 0.0445. The molecule has 0 aromatic heterocycles. The molecule has 29 nitrogen and oxygen atoms in total. The topological polar surface area (TPSA) is 456 Å². The standard InChI is InChI=1S/C57H94O29S/c1-21(2)15-25(60)18-57(8,72)34-10-9-28-27-17-31(30-16-26(86-87(73,74)75)11-13-55(30,6)29(27)12-14-56(28,34)7)79-53-48(42(68)38(64)32(19-58)80-53)85-54-49(84-51-44(70)40(66)36(62)23(4)77-51)45(71)46(33(20-59)81-54)82-52-47(41(67)37(63)24(5)78-52)83-50-43(69)39(65)35(61)22(3)76-50/h12,21-24,26-28,30-54,58-59,61-72H,9-11,13-20H2,1-8H3,(H,73,74,75)/t22-,23+,24-,26+,27?,28?,30?,31-,32-,33-,34+,35-,36+,37-,38-,39+,40-,41+,42+,43-,44+,45+,46-,47-,48-,49-,50+,51?,52+,53?,54+,55-,56+,57+/m1/s1. The molecule has 0 radical (unpaired) electrons. The Hall–Kier alpha value is -1.68. The molecule has 5 unspecified atom stereocenters. The number of hydrogen-bond acceptors (Lipinski definition) is 28. The van der Waals surface area contributed by atoms with Gasteiger partial charge in [0.15, 0.2) is 31.5 Å². The van der Waals surface area contributed by atoms with E-state index in [0.717, 1.165) is 5.57 Å². The van der Waals surface area contributed by atoms with Gasteiger partial charge in [0.2, 0.25) is 0 Å². The predicted octanol–water partition coefficient (Wildman–Crippen LogP) is -3.32.